The van der Waals surface area contributed by atoms with Gasteiger partial charge in [0.25, 0.3) is 0 Å². The van der Waals surface area contributed by atoms with Crippen LogP contribution in [-0.2, 0) is 40.1 Å². The lowest BCUT2D eigenvalue weighted by atomic mass is 10.0. The lowest BCUT2D eigenvalue weighted by molar-refractivity contribution is -0.141. The minimum absolute atomic E-state index is 0.00300. The summed E-state index contributed by atoms with van der Waals surface area (Å²) in [4.78, 5) is 86.0. The van der Waals surface area contributed by atoms with Crippen LogP contribution in [-0.4, -0.2) is 77.9 Å². The van der Waals surface area contributed by atoms with Crippen LogP contribution in [0.2, 0.25) is 0 Å². The number of carboxylic acid groups (broad SMARTS) is 1. The van der Waals surface area contributed by atoms with Crippen molar-refractivity contribution in [1.29, 1.82) is 0 Å². The number of amides is 4. The van der Waals surface area contributed by atoms with Crippen molar-refractivity contribution >= 4 is 41.5 Å². The third-order valence-corrected chi connectivity index (χ3v) is 6.06. The first-order chi connectivity index (χ1) is 20.9. The number of hydrogen-bond acceptors (Lipinski definition) is 9. The van der Waals surface area contributed by atoms with Crippen molar-refractivity contribution in [2.45, 2.75) is 51.9 Å². The Morgan fingerprint density at radius 2 is 1.39 bits per heavy atom. The summed E-state index contributed by atoms with van der Waals surface area (Å²) < 4.78 is 9.98. The number of ether oxygens (including phenoxy) is 2. The number of alkyl carbamates (subject to hydrolysis) is 1. The molecule has 0 aliphatic heterocycles. The molecule has 2 aromatic rings. The number of carbonyl (C=O) groups excluding carboxylic acids is 6. The van der Waals surface area contributed by atoms with E-state index in [-0.39, 0.29) is 12.2 Å². The summed E-state index contributed by atoms with van der Waals surface area (Å²) in [5.74, 6) is -5.81. The number of benzene rings is 2. The van der Waals surface area contributed by atoms with Crippen molar-refractivity contribution in [2.75, 3.05) is 13.2 Å². The molecule has 5 N–H and O–H groups in total. The number of nitrogens with one attached hydrogen (secondary N) is 4. The normalized spacial score (nSPS) is 12.5. The van der Waals surface area contributed by atoms with Gasteiger partial charge in [-0.25, -0.2) is 9.59 Å². The number of carboxylic acids is 1. The molecule has 0 bridgehead atoms. The van der Waals surface area contributed by atoms with Crippen LogP contribution in [0.4, 0.5) is 4.79 Å². The molecule has 44 heavy (non-hydrogen) atoms. The van der Waals surface area contributed by atoms with Gasteiger partial charge >= 0.3 is 18.0 Å². The van der Waals surface area contributed by atoms with Gasteiger partial charge < -0.3 is 35.8 Å². The topological polar surface area (TPSA) is 206 Å². The molecule has 0 saturated heterocycles. The first-order valence-electron chi connectivity index (χ1n) is 13.7. The van der Waals surface area contributed by atoms with Gasteiger partial charge in [0.1, 0.15) is 31.3 Å². The monoisotopic (exact) mass is 612 g/mol. The zero-order valence-corrected chi connectivity index (χ0v) is 24.5. The minimum Gasteiger partial charge on any atom is -0.481 e. The van der Waals surface area contributed by atoms with E-state index < -0.39 is 85.2 Å². The number of carbonyl (C=O) groups is 7. The summed E-state index contributed by atoms with van der Waals surface area (Å²) >= 11 is 0. The second-order valence-corrected chi connectivity index (χ2v) is 10.0. The van der Waals surface area contributed by atoms with Crippen LogP contribution in [0.5, 0.6) is 0 Å². The molecule has 0 radical (unpaired) electrons. The van der Waals surface area contributed by atoms with Crippen molar-refractivity contribution in [1.82, 2.24) is 21.3 Å². The summed E-state index contributed by atoms with van der Waals surface area (Å²) in [7, 11) is 0. The fraction of sp³-hybridized carbons (Fsp3) is 0.367. The van der Waals surface area contributed by atoms with E-state index in [1.807, 2.05) is 6.07 Å². The Hall–Kier alpha value is -5.27. The van der Waals surface area contributed by atoms with E-state index in [0.717, 1.165) is 5.56 Å². The van der Waals surface area contributed by atoms with Crippen molar-refractivity contribution in [3.05, 3.63) is 71.8 Å². The Kier molecular flexibility index (Phi) is 14.0. The highest BCUT2D eigenvalue weighted by atomic mass is 16.5. The summed E-state index contributed by atoms with van der Waals surface area (Å²) in [6, 6.07) is 12.8. The second kappa shape index (κ2) is 17.6. The van der Waals surface area contributed by atoms with E-state index in [2.05, 4.69) is 21.3 Å². The van der Waals surface area contributed by atoms with Crippen LogP contribution in [0.25, 0.3) is 0 Å². The van der Waals surface area contributed by atoms with Crippen molar-refractivity contribution in [2.24, 2.45) is 5.92 Å². The molecule has 0 spiro atoms. The van der Waals surface area contributed by atoms with Crippen LogP contribution in [0.1, 0.15) is 43.1 Å². The predicted molar refractivity (Wildman–Crippen MR) is 155 cm³/mol. The Bertz CT molecular complexity index is 1320. The number of ketones is 1. The molecule has 0 aromatic heterocycles. The lowest BCUT2D eigenvalue weighted by Crippen LogP contribution is -2.57. The van der Waals surface area contributed by atoms with E-state index in [9.17, 15) is 38.7 Å². The molecule has 4 amide bonds. The largest absolute Gasteiger partial charge is 0.481 e. The summed E-state index contributed by atoms with van der Waals surface area (Å²) in [5, 5.41) is 18.7. The summed E-state index contributed by atoms with van der Waals surface area (Å²) in [6.45, 7) is 3.33. The zero-order chi connectivity index (χ0) is 32.6. The maximum absolute atomic E-state index is 12.9. The zero-order valence-electron chi connectivity index (χ0n) is 24.5. The standard InChI is InChI=1S/C30H36N4O10/c1-18(2)26(34-24(36)15-31-30(42)44-16-20-10-6-4-7-11-20)28(40)32-19(3)27(39)33-22(14-25(37)38)23(35)17-43-29(41)21-12-8-5-9-13-21/h4-13,18-19,22,26H,14-17H2,1-3H3,(H,31,42)(H,32,40)(H,33,39)(H,34,36)(H,37,38). The van der Waals surface area contributed by atoms with Crippen molar-refractivity contribution in [3.8, 4) is 0 Å². The van der Waals surface area contributed by atoms with Gasteiger partial charge in [0.15, 0.2) is 12.4 Å². The van der Waals surface area contributed by atoms with Gasteiger partial charge in [-0.1, -0.05) is 62.4 Å². The van der Waals surface area contributed by atoms with Gasteiger partial charge in [0.05, 0.1) is 12.0 Å². The van der Waals surface area contributed by atoms with Gasteiger partial charge in [0, 0.05) is 0 Å². The molecule has 0 aliphatic carbocycles. The molecule has 0 aliphatic rings. The number of esters is 1. The molecule has 14 heteroatoms. The number of aliphatic carboxylic acids is 1. The van der Waals surface area contributed by atoms with Gasteiger partial charge in [0.2, 0.25) is 17.7 Å². The number of rotatable bonds is 16. The molecule has 3 atom stereocenters. The first-order valence-corrected chi connectivity index (χ1v) is 13.7. The smallest absolute Gasteiger partial charge is 0.407 e. The van der Waals surface area contributed by atoms with E-state index >= 15 is 0 Å². The van der Waals surface area contributed by atoms with Gasteiger partial charge in [-0.2, -0.15) is 0 Å². The van der Waals surface area contributed by atoms with Crippen LogP contribution in [0.3, 0.4) is 0 Å². The fourth-order valence-corrected chi connectivity index (χ4v) is 3.67. The van der Waals surface area contributed by atoms with Gasteiger partial charge in [-0.3, -0.25) is 24.0 Å². The average Bonchev–Trinajstić information content (AvgIpc) is 3.00. The quantitative estimate of drug-likeness (QED) is 0.170. The van der Waals surface area contributed by atoms with E-state index in [1.165, 1.54) is 19.1 Å². The van der Waals surface area contributed by atoms with Gasteiger partial charge in [-0.05, 0) is 30.5 Å². The molecule has 0 saturated carbocycles. The Balaban J connectivity index is 1.88. The first kappa shape index (κ1) is 34.9. The molecule has 3 unspecified atom stereocenters. The van der Waals surface area contributed by atoms with E-state index in [0.29, 0.717) is 0 Å². The summed E-state index contributed by atoms with van der Waals surface area (Å²) in [6.07, 6.45) is -1.63. The van der Waals surface area contributed by atoms with Crippen LogP contribution < -0.4 is 21.3 Å². The molecule has 0 heterocycles. The fourth-order valence-electron chi connectivity index (χ4n) is 3.67. The molecule has 14 nitrogen and oxygen atoms in total. The van der Waals surface area contributed by atoms with Crippen molar-refractivity contribution < 1.29 is 48.1 Å². The van der Waals surface area contributed by atoms with Crippen LogP contribution >= 0.6 is 0 Å². The predicted octanol–water partition coefficient (Wildman–Crippen LogP) is 0.944. The third kappa shape index (κ3) is 12.3. The third-order valence-electron chi connectivity index (χ3n) is 6.06. The van der Waals surface area contributed by atoms with Crippen molar-refractivity contribution in [3.63, 3.8) is 0 Å². The van der Waals surface area contributed by atoms with Crippen LogP contribution in [0.15, 0.2) is 60.7 Å². The molecule has 2 aromatic carbocycles. The van der Waals surface area contributed by atoms with Crippen LogP contribution in [0, 0.1) is 5.92 Å². The molecule has 236 valence electrons. The minimum atomic E-state index is -1.55. The highest BCUT2D eigenvalue weighted by Gasteiger charge is 2.30. The Morgan fingerprint density at radius 1 is 0.773 bits per heavy atom. The maximum atomic E-state index is 12.9. The highest BCUT2D eigenvalue weighted by molar-refractivity contribution is 5.97. The second-order valence-electron chi connectivity index (χ2n) is 10.0. The van der Waals surface area contributed by atoms with E-state index in [4.69, 9.17) is 9.47 Å². The number of hydrogen-bond donors (Lipinski definition) is 5. The average molecular weight is 613 g/mol. The Morgan fingerprint density at radius 3 is 1.98 bits per heavy atom. The SMILES string of the molecule is CC(NC(=O)C(NC(=O)CNC(=O)OCc1ccccc1)C(C)C)C(=O)NC(CC(=O)O)C(=O)COC(=O)c1ccccc1. The lowest BCUT2D eigenvalue weighted by Gasteiger charge is -2.25. The highest BCUT2D eigenvalue weighted by Crippen LogP contribution is 2.05. The molecular weight excluding hydrogens is 576 g/mol. The summed E-state index contributed by atoms with van der Waals surface area (Å²) in [5.41, 5.74) is 0.938. The Labute approximate surface area is 253 Å². The molecule has 2 rings (SSSR count). The van der Waals surface area contributed by atoms with Gasteiger partial charge in [-0.15, -0.1) is 0 Å². The number of Topliss-reactive ketones (excluding diaryl/α,β-unsaturated/α-hetero) is 1. The van der Waals surface area contributed by atoms with E-state index in [1.54, 1.807) is 56.3 Å². The maximum Gasteiger partial charge on any atom is 0.407 e. The molecular formula is C30H36N4O10. The molecule has 0 fully saturated rings.